The SMILES string of the molecule is COc1ncccc1NC(=O)NC[C@H](Nc1ccccc1)C(C)C. The summed E-state index contributed by atoms with van der Waals surface area (Å²) in [7, 11) is 1.52. The molecule has 3 N–H and O–H groups in total. The van der Waals surface area contributed by atoms with Crippen LogP contribution in [0.1, 0.15) is 13.8 Å². The highest BCUT2D eigenvalue weighted by molar-refractivity contribution is 5.90. The molecule has 0 aliphatic rings. The number of para-hydroxylation sites is 1. The first-order chi connectivity index (χ1) is 11.6. The molecule has 0 aliphatic heterocycles. The molecule has 0 saturated heterocycles. The second kappa shape index (κ2) is 8.76. The van der Waals surface area contributed by atoms with E-state index < -0.39 is 0 Å². The highest BCUT2D eigenvalue weighted by Crippen LogP contribution is 2.19. The van der Waals surface area contributed by atoms with Crippen molar-refractivity contribution in [3.05, 3.63) is 48.7 Å². The predicted octanol–water partition coefficient (Wildman–Crippen LogP) is 3.35. The van der Waals surface area contributed by atoms with Gasteiger partial charge in [-0.25, -0.2) is 9.78 Å². The fourth-order valence-electron chi connectivity index (χ4n) is 2.22. The Balaban J connectivity index is 1.90. The van der Waals surface area contributed by atoms with Crippen LogP contribution in [0, 0.1) is 5.92 Å². The molecule has 2 rings (SSSR count). The number of aromatic nitrogens is 1. The zero-order valence-corrected chi connectivity index (χ0v) is 14.2. The summed E-state index contributed by atoms with van der Waals surface area (Å²) in [5.74, 6) is 0.744. The van der Waals surface area contributed by atoms with Crippen LogP contribution < -0.4 is 20.7 Å². The molecule has 0 fully saturated rings. The third kappa shape index (κ3) is 5.15. The summed E-state index contributed by atoms with van der Waals surface area (Å²) in [6, 6.07) is 13.3. The molecule has 1 heterocycles. The molecule has 0 radical (unpaired) electrons. The van der Waals surface area contributed by atoms with E-state index >= 15 is 0 Å². The molecular weight excluding hydrogens is 304 g/mol. The van der Waals surface area contributed by atoms with Gasteiger partial charge in [0.25, 0.3) is 0 Å². The molecule has 1 aromatic carbocycles. The highest BCUT2D eigenvalue weighted by atomic mass is 16.5. The summed E-state index contributed by atoms with van der Waals surface area (Å²) < 4.78 is 5.12. The smallest absolute Gasteiger partial charge is 0.319 e. The van der Waals surface area contributed by atoms with Crippen LogP contribution in [0.2, 0.25) is 0 Å². The molecule has 6 nitrogen and oxygen atoms in total. The Morgan fingerprint density at radius 1 is 1.17 bits per heavy atom. The van der Waals surface area contributed by atoms with Crippen LogP contribution >= 0.6 is 0 Å². The Kier molecular flexibility index (Phi) is 6.42. The maximum Gasteiger partial charge on any atom is 0.319 e. The molecule has 6 heteroatoms. The van der Waals surface area contributed by atoms with Crippen molar-refractivity contribution in [2.45, 2.75) is 19.9 Å². The van der Waals surface area contributed by atoms with Crippen molar-refractivity contribution in [3.63, 3.8) is 0 Å². The van der Waals surface area contributed by atoms with E-state index in [1.165, 1.54) is 7.11 Å². The number of ether oxygens (including phenoxy) is 1. The maximum absolute atomic E-state index is 12.1. The maximum atomic E-state index is 12.1. The lowest BCUT2D eigenvalue weighted by Crippen LogP contribution is -2.41. The minimum absolute atomic E-state index is 0.119. The normalized spacial score (nSPS) is 11.7. The van der Waals surface area contributed by atoms with Crippen LogP contribution in [-0.2, 0) is 0 Å². The first-order valence-electron chi connectivity index (χ1n) is 7.95. The van der Waals surface area contributed by atoms with Gasteiger partial charge in [-0.15, -0.1) is 0 Å². The number of carbonyl (C=O) groups is 1. The number of benzene rings is 1. The molecular formula is C18H24N4O2. The quantitative estimate of drug-likeness (QED) is 0.728. The standard InChI is InChI=1S/C18H24N4O2/c1-13(2)16(21-14-8-5-4-6-9-14)12-20-18(23)22-15-10-7-11-19-17(15)24-3/h4-11,13,16,21H,12H2,1-3H3,(H2,20,22,23)/t16-/m0/s1. The third-order valence-corrected chi connectivity index (χ3v) is 3.63. The number of carbonyl (C=O) groups excluding carboxylic acids is 1. The fourth-order valence-corrected chi connectivity index (χ4v) is 2.22. The lowest BCUT2D eigenvalue weighted by molar-refractivity contribution is 0.251. The van der Waals surface area contributed by atoms with Gasteiger partial charge in [-0.2, -0.15) is 0 Å². The van der Waals surface area contributed by atoms with Crippen LogP contribution in [0.25, 0.3) is 0 Å². The first-order valence-corrected chi connectivity index (χ1v) is 7.95. The summed E-state index contributed by atoms with van der Waals surface area (Å²) in [5, 5.41) is 9.08. The van der Waals surface area contributed by atoms with Crippen molar-refractivity contribution < 1.29 is 9.53 Å². The number of nitrogens with zero attached hydrogens (tertiary/aromatic N) is 1. The number of methoxy groups -OCH3 is 1. The number of hydrogen-bond acceptors (Lipinski definition) is 4. The van der Waals surface area contributed by atoms with Crippen LogP contribution in [0.15, 0.2) is 48.7 Å². The number of pyridine rings is 1. The number of anilines is 2. The molecule has 0 spiro atoms. The van der Waals surface area contributed by atoms with Gasteiger partial charge in [-0.05, 0) is 30.2 Å². The van der Waals surface area contributed by atoms with E-state index in [2.05, 4.69) is 34.8 Å². The molecule has 1 aromatic heterocycles. The molecule has 0 aliphatic carbocycles. The monoisotopic (exact) mass is 328 g/mol. The van der Waals surface area contributed by atoms with Gasteiger partial charge in [0.2, 0.25) is 5.88 Å². The number of urea groups is 1. The van der Waals surface area contributed by atoms with E-state index in [-0.39, 0.29) is 12.1 Å². The second-order valence-corrected chi connectivity index (χ2v) is 5.76. The Morgan fingerprint density at radius 3 is 2.58 bits per heavy atom. The Morgan fingerprint density at radius 2 is 1.92 bits per heavy atom. The first kappa shape index (κ1) is 17.6. The Hall–Kier alpha value is -2.76. The van der Waals surface area contributed by atoms with Crippen molar-refractivity contribution in [1.29, 1.82) is 0 Å². The van der Waals surface area contributed by atoms with E-state index in [0.717, 1.165) is 5.69 Å². The van der Waals surface area contributed by atoms with Crippen LogP contribution in [0.4, 0.5) is 16.2 Å². The summed E-state index contributed by atoms with van der Waals surface area (Å²) in [4.78, 5) is 16.2. The van der Waals surface area contributed by atoms with Gasteiger partial charge in [-0.1, -0.05) is 32.0 Å². The van der Waals surface area contributed by atoms with Crippen LogP contribution in [0.5, 0.6) is 5.88 Å². The van der Waals surface area contributed by atoms with E-state index in [9.17, 15) is 4.79 Å². The van der Waals surface area contributed by atoms with Gasteiger partial charge in [-0.3, -0.25) is 0 Å². The molecule has 0 bridgehead atoms. The Bertz CT molecular complexity index is 646. The highest BCUT2D eigenvalue weighted by Gasteiger charge is 2.15. The summed E-state index contributed by atoms with van der Waals surface area (Å²) >= 11 is 0. The van der Waals surface area contributed by atoms with Crippen molar-refractivity contribution in [1.82, 2.24) is 10.3 Å². The van der Waals surface area contributed by atoms with Crippen molar-refractivity contribution in [2.24, 2.45) is 5.92 Å². The molecule has 24 heavy (non-hydrogen) atoms. The molecule has 2 aromatic rings. The summed E-state index contributed by atoms with van der Waals surface area (Å²) in [5.41, 5.74) is 1.57. The van der Waals surface area contributed by atoms with Gasteiger partial charge in [0.05, 0.1) is 7.11 Å². The number of amides is 2. The van der Waals surface area contributed by atoms with Gasteiger partial charge in [0.1, 0.15) is 5.69 Å². The average molecular weight is 328 g/mol. The zero-order valence-electron chi connectivity index (χ0n) is 14.2. The average Bonchev–Trinajstić information content (AvgIpc) is 2.59. The topological polar surface area (TPSA) is 75.3 Å². The minimum atomic E-state index is -0.290. The molecule has 0 saturated carbocycles. The zero-order chi connectivity index (χ0) is 17.4. The molecule has 128 valence electrons. The molecule has 2 amide bonds. The van der Waals surface area contributed by atoms with Crippen molar-refractivity contribution in [3.8, 4) is 5.88 Å². The minimum Gasteiger partial charge on any atom is -0.480 e. The van der Waals surface area contributed by atoms with Crippen molar-refractivity contribution in [2.75, 3.05) is 24.3 Å². The van der Waals surface area contributed by atoms with Gasteiger partial charge in [0, 0.05) is 24.5 Å². The van der Waals surface area contributed by atoms with E-state index in [0.29, 0.717) is 24.0 Å². The third-order valence-electron chi connectivity index (χ3n) is 3.63. The van der Waals surface area contributed by atoms with Crippen LogP contribution in [0.3, 0.4) is 0 Å². The molecule has 1 atom stereocenters. The summed E-state index contributed by atoms with van der Waals surface area (Å²) in [6.07, 6.45) is 1.61. The number of rotatable bonds is 7. The number of hydrogen-bond donors (Lipinski definition) is 3. The largest absolute Gasteiger partial charge is 0.480 e. The molecule has 0 unspecified atom stereocenters. The van der Waals surface area contributed by atoms with Crippen LogP contribution in [-0.4, -0.2) is 30.7 Å². The Labute approximate surface area is 142 Å². The lowest BCUT2D eigenvalue weighted by Gasteiger charge is -2.24. The second-order valence-electron chi connectivity index (χ2n) is 5.76. The van der Waals surface area contributed by atoms with Crippen molar-refractivity contribution >= 4 is 17.4 Å². The van der Waals surface area contributed by atoms with E-state index in [1.807, 2.05) is 30.3 Å². The van der Waals surface area contributed by atoms with E-state index in [4.69, 9.17) is 4.74 Å². The predicted molar refractivity (Wildman–Crippen MR) is 96.5 cm³/mol. The lowest BCUT2D eigenvalue weighted by atomic mass is 10.0. The summed E-state index contributed by atoms with van der Waals surface area (Å²) in [6.45, 7) is 4.73. The van der Waals surface area contributed by atoms with Gasteiger partial charge >= 0.3 is 6.03 Å². The van der Waals surface area contributed by atoms with E-state index in [1.54, 1.807) is 18.3 Å². The van der Waals surface area contributed by atoms with Gasteiger partial charge < -0.3 is 20.7 Å². The number of nitrogens with one attached hydrogen (secondary N) is 3. The van der Waals surface area contributed by atoms with Gasteiger partial charge in [0.15, 0.2) is 0 Å². The fraction of sp³-hybridized carbons (Fsp3) is 0.333.